The molecule has 17 heavy (non-hydrogen) atoms. The third kappa shape index (κ3) is 3.07. The van der Waals surface area contributed by atoms with Gasteiger partial charge in [-0.25, -0.2) is 4.79 Å². The highest BCUT2D eigenvalue weighted by Crippen LogP contribution is 2.09. The van der Waals surface area contributed by atoms with Gasteiger partial charge in [0.25, 0.3) is 0 Å². The van der Waals surface area contributed by atoms with Crippen molar-refractivity contribution in [3.63, 3.8) is 0 Å². The summed E-state index contributed by atoms with van der Waals surface area (Å²) in [5, 5.41) is 3.21. The minimum atomic E-state index is -0.397. The number of rotatable bonds is 3. The smallest absolute Gasteiger partial charge is 0.315 e. The lowest BCUT2D eigenvalue weighted by molar-refractivity contribution is 0.130. The molecule has 2 amide bonds. The van der Waals surface area contributed by atoms with Crippen molar-refractivity contribution in [2.45, 2.75) is 6.04 Å². The average Bonchev–Trinajstić information content (AvgIpc) is 2.38. The van der Waals surface area contributed by atoms with E-state index in [-0.39, 0.29) is 6.04 Å². The van der Waals surface area contributed by atoms with E-state index in [4.69, 9.17) is 10.5 Å². The van der Waals surface area contributed by atoms with Crippen LogP contribution in [0.2, 0.25) is 0 Å². The summed E-state index contributed by atoms with van der Waals surface area (Å²) in [6.45, 7) is 2.51. The van der Waals surface area contributed by atoms with Gasteiger partial charge >= 0.3 is 6.03 Å². The highest BCUT2D eigenvalue weighted by molar-refractivity contribution is 5.72. The number of amides is 2. The van der Waals surface area contributed by atoms with Crippen molar-refractivity contribution in [3.8, 4) is 5.75 Å². The summed E-state index contributed by atoms with van der Waals surface area (Å²) in [5.41, 5.74) is 5.32. The van der Waals surface area contributed by atoms with Crippen molar-refractivity contribution in [2.24, 2.45) is 5.73 Å². The normalized spacial score (nSPS) is 20.0. The van der Waals surface area contributed by atoms with Gasteiger partial charge in [-0.05, 0) is 12.1 Å². The number of nitrogens with zero attached hydrogens (tertiary/aromatic N) is 2. The molecule has 0 saturated carbocycles. The fourth-order valence-electron chi connectivity index (χ4n) is 1.82. The van der Waals surface area contributed by atoms with Crippen LogP contribution < -0.4 is 15.8 Å². The second-order valence-corrected chi connectivity index (χ2v) is 3.89. The van der Waals surface area contributed by atoms with Gasteiger partial charge in [0, 0.05) is 25.8 Å². The molecule has 1 aromatic heterocycles. The lowest BCUT2D eigenvalue weighted by atomic mass is 10.2. The lowest BCUT2D eigenvalue weighted by Crippen LogP contribution is -2.57. The van der Waals surface area contributed by atoms with E-state index in [0.717, 1.165) is 6.54 Å². The van der Waals surface area contributed by atoms with Crippen molar-refractivity contribution >= 4 is 6.03 Å². The first-order chi connectivity index (χ1) is 8.27. The van der Waals surface area contributed by atoms with Crippen molar-refractivity contribution in [3.05, 3.63) is 24.5 Å². The lowest BCUT2D eigenvalue weighted by Gasteiger charge is -2.34. The Morgan fingerprint density at radius 1 is 1.71 bits per heavy atom. The standard InChI is InChI=1S/C11H16N4O2/c12-11(16)15-5-4-14-6-9(15)8-17-10-2-1-3-13-7-10/h1-3,7,9,14H,4-6,8H2,(H2,12,16). The number of nitrogens with one attached hydrogen (secondary N) is 1. The molecule has 6 heteroatoms. The van der Waals surface area contributed by atoms with Crippen LogP contribution in [-0.4, -0.2) is 48.2 Å². The number of pyridine rings is 1. The fourth-order valence-corrected chi connectivity index (χ4v) is 1.82. The number of carbonyl (C=O) groups is 1. The Hall–Kier alpha value is -1.82. The Morgan fingerprint density at radius 2 is 2.59 bits per heavy atom. The molecule has 3 N–H and O–H groups in total. The van der Waals surface area contributed by atoms with Crippen molar-refractivity contribution in [1.29, 1.82) is 0 Å². The highest BCUT2D eigenvalue weighted by Gasteiger charge is 2.25. The van der Waals surface area contributed by atoms with E-state index in [1.165, 1.54) is 0 Å². The van der Waals surface area contributed by atoms with Crippen LogP contribution in [0.4, 0.5) is 4.79 Å². The molecular formula is C11H16N4O2. The Bertz CT molecular complexity index is 371. The number of hydrogen-bond donors (Lipinski definition) is 2. The van der Waals surface area contributed by atoms with Crippen LogP contribution in [-0.2, 0) is 0 Å². The molecule has 6 nitrogen and oxygen atoms in total. The summed E-state index contributed by atoms with van der Waals surface area (Å²) in [6.07, 6.45) is 3.33. The molecule has 0 spiro atoms. The predicted octanol–water partition coefficient (Wildman–Crippen LogP) is -0.187. The molecule has 0 radical (unpaired) electrons. The maximum absolute atomic E-state index is 11.2. The first-order valence-electron chi connectivity index (χ1n) is 5.57. The van der Waals surface area contributed by atoms with Crippen LogP contribution in [0.25, 0.3) is 0 Å². The first kappa shape index (κ1) is 11.7. The Labute approximate surface area is 99.8 Å². The molecular weight excluding hydrogens is 220 g/mol. The average molecular weight is 236 g/mol. The van der Waals surface area contributed by atoms with Crippen molar-refractivity contribution in [2.75, 3.05) is 26.2 Å². The number of nitrogens with two attached hydrogens (primary N) is 1. The van der Waals surface area contributed by atoms with Gasteiger partial charge in [-0.15, -0.1) is 0 Å². The molecule has 1 atom stereocenters. The third-order valence-electron chi connectivity index (χ3n) is 2.71. The molecule has 2 rings (SSSR count). The van der Waals surface area contributed by atoms with E-state index in [9.17, 15) is 4.79 Å². The van der Waals surface area contributed by atoms with Crippen LogP contribution in [0.5, 0.6) is 5.75 Å². The zero-order chi connectivity index (χ0) is 12.1. The highest BCUT2D eigenvalue weighted by atomic mass is 16.5. The molecule has 0 aliphatic carbocycles. The molecule has 0 aromatic carbocycles. The van der Waals surface area contributed by atoms with E-state index in [2.05, 4.69) is 10.3 Å². The second kappa shape index (κ2) is 5.49. The van der Waals surface area contributed by atoms with Gasteiger partial charge < -0.3 is 20.7 Å². The third-order valence-corrected chi connectivity index (χ3v) is 2.71. The van der Waals surface area contributed by atoms with Gasteiger partial charge in [0.1, 0.15) is 12.4 Å². The van der Waals surface area contributed by atoms with E-state index >= 15 is 0 Å². The molecule has 1 fully saturated rings. The Balaban J connectivity index is 1.90. The topological polar surface area (TPSA) is 80.5 Å². The molecule has 2 heterocycles. The van der Waals surface area contributed by atoms with Gasteiger partial charge in [0.2, 0.25) is 0 Å². The molecule has 1 aliphatic rings. The number of ether oxygens (including phenoxy) is 1. The van der Waals surface area contributed by atoms with Gasteiger partial charge in [0.05, 0.1) is 12.2 Å². The summed E-state index contributed by atoms with van der Waals surface area (Å²) in [7, 11) is 0. The summed E-state index contributed by atoms with van der Waals surface area (Å²) in [4.78, 5) is 16.8. The Kier molecular flexibility index (Phi) is 3.77. The van der Waals surface area contributed by atoms with E-state index < -0.39 is 6.03 Å². The molecule has 1 aromatic rings. The second-order valence-electron chi connectivity index (χ2n) is 3.89. The van der Waals surface area contributed by atoms with Crippen LogP contribution in [0.1, 0.15) is 0 Å². The zero-order valence-corrected chi connectivity index (χ0v) is 9.50. The van der Waals surface area contributed by atoms with Crippen LogP contribution in [0.15, 0.2) is 24.5 Å². The van der Waals surface area contributed by atoms with Crippen molar-refractivity contribution < 1.29 is 9.53 Å². The van der Waals surface area contributed by atoms with Gasteiger partial charge in [-0.2, -0.15) is 0 Å². The Morgan fingerprint density at radius 3 is 3.29 bits per heavy atom. The van der Waals surface area contributed by atoms with Gasteiger partial charge in [-0.1, -0.05) is 0 Å². The molecule has 1 saturated heterocycles. The van der Waals surface area contributed by atoms with Crippen LogP contribution in [0.3, 0.4) is 0 Å². The van der Waals surface area contributed by atoms with Crippen molar-refractivity contribution in [1.82, 2.24) is 15.2 Å². The van der Waals surface area contributed by atoms with E-state index in [0.29, 0.717) is 25.4 Å². The predicted molar refractivity (Wildman–Crippen MR) is 62.7 cm³/mol. The van der Waals surface area contributed by atoms with Crippen LogP contribution >= 0.6 is 0 Å². The summed E-state index contributed by atoms with van der Waals surface area (Å²) in [6, 6.07) is 3.21. The summed E-state index contributed by atoms with van der Waals surface area (Å²) >= 11 is 0. The largest absolute Gasteiger partial charge is 0.490 e. The summed E-state index contributed by atoms with van der Waals surface area (Å²) in [5.74, 6) is 0.697. The zero-order valence-electron chi connectivity index (χ0n) is 9.50. The molecule has 1 unspecified atom stereocenters. The SMILES string of the molecule is NC(=O)N1CCNCC1COc1cccnc1. The number of primary amides is 1. The minimum absolute atomic E-state index is 0.0264. The molecule has 0 bridgehead atoms. The van der Waals surface area contributed by atoms with E-state index in [1.807, 2.05) is 6.07 Å². The number of piperazine rings is 1. The number of carbonyl (C=O) groups excluding carboxylic acids is 1. The number of hydrogen-bond acceptors (Lipinski definition) is 4. The molecule has 1 aliphatic heterocycles. The summed E-state index contributed by atoms with van der Waals surface area (Å²) < 4.78 is 5.57. The molecule has 92 valence electrons. The van der Waals surface area contributed by atoms with Gasteiger partial charge in [0.15, 0.2) is 0 Å². The maximum Gasteiger partial charge on any atom is 0.315 e. The monoisotopic (exact) mass is 236 g/mol. The minimum Gasteiger partial charge on any atom is -0.490 e. The van der Waals surface area contributed by atoms with Gasteiger partial charge in [-0.3, -0.25) is 4.98 Å². The maximum atomic E-state index is 11.2. The van der Waals surface area contributed by atoms with Crippen LogP contribution in [0, 0.1) is 0 Å². The first-order valence-corrected chi connectivity index (χ1v) is 5.57. The quantitative estimate of drug-likeness (QED) is 0.762. The number of urea groups is 1. The number of aromatic nitrogens is 1. The fraction of sp³-hybridized carbons (Fsp3) is 0.455. The van der Waals surface area contributed by atoms with E-state index in [1.54, 1.807) is 23.4 Å².